The number of nitrogens with one attached hydrogen (secondary N) is 1. The van der Waals surface area contributed by atoms with Gasteiger partial charge in [-0.05, 0) is 23.8 Å². The minimum atomic E-state index is -4.14. The van der Waals surface area contributed by atoms with Crippen molar-refractivity contribution in [2.24, 2.45) is 0 Å². The van der Waals surface area contributed by atoms with Crippen LogP contribution in [0.25, 0.3) is 0 Å². The van der Waals surface area contributed by atoms with Crippen LogP contribution in [0.2, 0.25) is 0 Å². The summed E-state index contributed by atoms with van der Waals surface area (Å²) in [5, 5.41) is 8.95. The predicted molar refractivity (Wildman–Crippen MR) is 65.2 cm³/mol. The molecule has 2 N–H and O–H groups in total. The van der Waals surface area contributed by atoms with Crippen molar-refractivity contribution in [3.8, 4) is 0 Å². The van der Waals surface area contributed by atoms with Crippen LogP contribution in [0.1, 0.15) is 5.56 Å². The molecule has 1 aromatic heterocycles. The summed E-state index contributed by atoms with van der Waals surface area (Å²) in [5.41, 5.74) is 0.288. The van der Waals surface area contributed by atoms with Crippen molar-refractivity contribution in [2.45, 2.75) is 11.5 Å². The number of hydrogen-bond acceptors (Lipinski definition) is 5. The zero-order valence-electron chi connectivity index (χ0n) is 9.62. The summed E-state index contributed by atoms with van der Waals surface area (Å²) < 4.78 is 39.6. The maximum atomic E-state index is 13.6. The molecule has 0 fully saturated rings. The van der Waals surface area contributed by atoms with Gasteiger partial charge in [-0.3, -0.25) is 0 Å². The van der Waals surface area contributed by atoms with Crippen LogP contribution in [0.4, 0.5) is 10.3 Å². The van der Waals surface area contributed by atoms with Gasteiger partial charge in [0.2, 0.25) is 5.95 Å². The third-order valence-corrected chi connectivity index (χ3v) is 3.60. The molecule has 0 unspecified atom stereocenters. The van der Waals surface area contributed by atoms with Crippen LogP contribution in [-0.4, -0.2) is 23.5 Å². The van der Waals surface area contributed by atoms with E-state index >= 15 is 0 Å². The lowest BCUT2D eigenvalue weighted by molar-refractivity contribution is 0.281. The minimum absolute atomic E-state index is 0.156. The number of halogens is 1. The Morgan fingerprint density at radius 2 is 1.95 bits per heavy atom. The molecule has 0 saturated carbocycles. The van der Waals surface area contributed by atoms with Crippen LogP contribution < -0.4 is 4.72 Å². The van der Waals surface area contributed by atoms with Crippen molar-refractivity contribution < 1.29 is 17.9 Å². The van der Waals surface area contributed by atoms with Gasteiger partial charge < -0.3 is 5.11 Å². The number of anilines is 1. The van der Waals surface area contributed by atoms with Gasteiger partial charge in [0.25, 0.3) is 10.0 Å². The fourth-order valence-corrected chi connectivity index (χ4v) is 2.47. The van der Waals surface area contributed by atoms with Crippen molar-refractivity contribution in [3.05, 3.63) is 48.0 Å². The van der Waals surface area contributed by atoms with Gasteiger partial charge in [0.1, 0.15) is 10.7 Å². The maximum absolute atomic E-state index is 13.6. The maximum Gasteiger partial charge on any atom is 0.267 e. The molecule has 0 saturated heterocycles. The zero-order chi connectivity index (χ0) is 13.9. The molecule has 0 bridgehead atoms. The molecule has 0 aliphatic rings. The van der Waals surface area contributed by atoms with Crippen LogP contribution in [0.15, 0.2) is 41.6 Å². The molecule has 0 aliphatic heterocycles. The fraction of sp³-hybridized carbons (Fsp3) is 0.0909. The Balaban J connectivity index is 2.39. The Labute approximate surface area is 109 Å². The SMILES string of the molecule is O=S(=O)(Nc1ncccn1)c1cc(CO)ccc1F. The number of aromatic nitrogens is 2. The van der Waals surface area contributed by atoms with Gasteiger partial charge in [-0.25, -0.2) is 27.5 Å². The summed E-state index contributed by atoms with van der Waals surface area (Å²) >= 11 is 0. The van der Waals surface area contributed by atoms with Crippen molar-refractivity contribution in [1.82, 2.24) is 9.97 Å². The van der Waals surface area contributed by atoms with E-state index in [0.29, 0.717) is 0 Å². The van der Waals surface area contributed by atoms with Gasteiger partial charge in [-0.15, -0.1) is 0 Å². The number of rotatable bonds is 4. The highest BCUT2D eigenvalue weighted by atomic mass is 32.2. The Morgan fingerprint density at radius 3 is 2.58 bits per heavy atom. The minimum Gasteiger partial charge on any atom is -0.392 e. The molecular weight excluding hydrogens is 273 g/mol. The first kappa shape index (κ1) is 13.4. The van der Waals surface area contributed by atoms with E-state index in [-0.39, 0.29) is 18.1 Å². The van der Waals surface area contributed by atoms with E-state index in [9.17, 15) is 12.8 Å². The molecular formula is C11H10FN3O3S. The summed E-state index contributed by atoms with van der Waals surface area (Å²) in [6.07, 6.45) is 2.71. The van der Waals surface area contributed by atoms with Crippen molar-refractivity contribution >= 4 is 16.0 Å². The van der Waals surface area contributed by atoms with E-state index in [1.54, 1.807) is 0 Å². The third kappa shape index (κ3) is 3.04. The molecule has 0 spiro atoms. The highest BCUT2D eigenvalue weighted by Crippen LogP contribution is 2.18. The highest BCUT2D eigenvalue weighted by molar-refractivity contribution is 7.92. The first-order valence-corrected chi connectivity index (χ1v) is 6.70. The fourth-order valence-electron chi connectivity index (χ4n) is 1.38. The number of hydrogen-bond donors (Lipinski definition) is 2. The van der Waals surface area contributed by atoms with Gasteiger partial charge in [0.15, 0.2) is 0 Å². The summed E-state index contributed by atoms with van der Waals surface area (Å²) in [5.74, 6) is -1.07. The molecule has 0 radical (unpaired) electrons. The van der Waals surface area contributed by atoms with Crippen LogP contribution >= 0.6 is 0 Å². The standard InChI is InChI=1S/C11H10FN3O3S/c12-9-3-2-8(7-16)6-10(9)19(17,18)15-11-13-4-1-5-14-11/h1-6,16H,7H2,(H,13,14,15). The number of aliphatic hydroxyl groups is 1. The first-order valence-electron chi connectivity index (χ1n) is 5.22. The van der Waals surface area contributed by atoms with Crippen molar-refractivity contribution in [1.29, 1.82) is 0 Å². The number of nitrogens with zero attached hydrogens (tertiary/aromatic N) is 2. The third-order valence-electron chi connectivity index (χ3n) is 2.26. The summed E-state index contributed by atoms with van der Waals surface area (Å²) in [4.78, 5) is 6.81. The Morgan fingerprint density at radius 1 is 1.26 bits per heavy atom. The largest absolute Gasteiger partial charge is 0.392 e. The Bertz CT molecular complexity index is 677. The second-order valence-corrected chi connectivity index (χ2v) is 5.25. The predicted octanol–water partition coefficient (Wildman–Crippen LogP) is 0.909. The number of benzene rings is 1. The number of sulfonamides is 1. The van der Waals surface area contributed by atoms with Crippen LogP contribution in [0, 0.1) is 5.82 Å². The molecule has 0 amide bonds. The summed E-state index contributed by atoms with van der Waals surface area (Å²) in [7, 11) is -4.14. The second-order valence-electron chi connectivity index (χ2n) is 3.60. The molecule has 2 rings (SSSR count). The topological polar surface area (TPSA) is 92.2 Å². The molecule has 8 heteroatoms. The molecule has 19 heavy (non-hydrogen) atoms. The smallest absolute Gasteiger partial charge is 0.267 e. The van der Waals surface area contributed by atoms with Crippen LogP contribution in [-0.2, 0) is 16.6 Å². The summed E-state index contributed by atoms with van der Waals surface area (Å²) in [6.45, 7) is -0.384. The normalized spacial score (nSPS) is 11.3. The average molecular weight is 283 g/mol. The molecule has 1 heterocycles. The molecule has 2 aromatic rings. The molecule has 6 nitrogen and oxygen atoms in total. The zero-order valence-corrected chi connectivity index (χ0v) is 10.4. The van der Waals surface area contributed by atoms with E-state index in [2.05, 4.69) is 14.7 Å². The van der Waals surface area contributed by atoms with Gasteiger partial charge in [0, 0.05) is 12.4 Å². The van der Waals surface area contributed by atoms with Gasteiger partial charge in [-0.1, -0.05) is 6.07 Å². The molecule has 0 aliphatic carbocycles. The lowest BCUT2D eigenvalue weighted by atomic mass is 10.2. The monoisotopic (exact) mass is 283 g/mol. The van der Waals surface area contributed by atoms with E-state index in [4.69, 9.17) is 5.11 Å². The van der Waals surface area contributed by atoms with E-state index in [0.717, 1.165) is 12.1 Å². The van der Waals surface area contributed by atoms with E-state index in [1.165, 1.54) is 24.5 Å². The molecule has 100 valence electrons. The van der Waals surface area contributed by atoms with Crippen molar-refractivity contribution in [2.75, 3.05) is 4.72 Å². The lowest BCUT2D eigenvalue weighted by Gasteiger charge is -2.08. The average Bonchev–Trinajstić information content (AvgIpc) is 2.39. The van der Waals surface area contributed by atoms with Gasteiger partial charge in [-0.2, -0.15) is 0 Å². The highest BCUT2D eigenvalue weighted by Gasteiger charge is 2.20. The van der Waals surface area contributed by atoms with Gasteiger partial charge >= 0.3 is 0 Å². The van der Waals surface area contributed by atoms with E-state index in [1.807, 2.05) is 0 Å². The second kappa shape index (κ2) is 5.29. The number of aliphatic hydroxyl groups excluding tert-OH is 1. The quantitative estimate of drug-likeness (QED) is 0.870. The summed E-state index contributed by atoms with van der Waals surface area (Å²) in [6, 6.07) is 4.85. The van der Waals surface area contributed by atoms with Crippen molar-refractivity contribution in [3.63, 3.8) is 0 Å². The van der Waals surface area contributed by atoms with E-state index < -0.39 is 20.7 Å². The first-order chi connectivity index (χ1) is 9.03. The van der Waals surface area contributed by atoms with Crippen LogP contribution in [0.5, 0.6) is 0 Å². The Hall–Kier alpha value is -2.06. The van der Waals surface area contributed by atoms with Crippen LogP contribution in [0.3, 0.4) is 0 Å². The molecule has 1 aromatic carbocycles. The Kier molecular flexibility index (Phi) is 3.72. The lowest BCUT2D eigenvalue weighted by Crippen LogP contribution is -2.16. The molecule has 0 atom stereocenters. The van der Waals surface area contributed by atoms with Gasteiger partial charge in [0.05, 0.1) is 6.61 Å².